The van der Waals surface area contributed by atoms with E-state index in [4.69, 9.17) is 11.6 Å². The molecule has 2 heteroatoms. The Morgan fingerprint density at radius 2 is 1.81 bits per heavy atom. The van der Waals surface area contributed by atoms with Crippen molar-refractivity contribution in [1.29, 1.82) is 0 Å². The van der Waals surface area contributed by atoms with E-state index < -0.39 is 0 Å². The maximum atomic E-state index is 6.22. The molecule has 0 atom stereocenters. The van der Waals surface area contributed by atoms with E-state index in [0.29, 0.717) is 5.41 Å². The van der Waals surface area contributed by atoms with Crippen molar-refractivity contribution in [2.75, 3.05) is 5.88 Å². The lowest BCUT2D eigenvalue weighted by molar-refractivity contribution is 0.219. The molecular weight excluding hydrogens is 284 g/mol. The summed E-state index contributed by atoms with van der Waals surface area (Å²) < 4.78 is 1.23. The van der Waals surface area contributed by atoms with Crippen LogP contribution < -0.4 is 0 Å². The van der Waals surface area contributed by atoms with E-state index in [1.807, 2.05) is 0 Å². The van der Waals surface area contributed by atoms with Gasteiger partial charge in [0.15, 0.2) is 0 Å². The van der Waals surface area contributed by atoms with Gasteiger partial charge in [-0.2, -0.15) is 0 Å². The Morgan fingerprint density at radius 1 is 1.12 bits per heavy atom. The van der Waals surface area contributed by atoms with Gasteiger partial charge in [-0.25, -0.2) is 0 Å². The van der Waals surface area contributed by atoms with Gasteiger partial charge in [-0.1, -0.05) is 53.4 Å². The molecule has 16 heavy (non-hydrogen) atoms. The molecule has 1 saturated carbocycles. The van der Waals surface area contributed by atoms with Crippen LogP contribution in [0.1, 0.15) is 37.7 Å². The molecule has 0 saturated heterocycles. The molecule has 0 nitrogen and oxygen atoms in total. The Kier molecular flexibility index (Phi) is 4.32. The van der Waals surface area contributed by atoms with Gasteiger partial charge in [-0.15, -0.1) is 11.6 Å². The predicted molar refractivity (Wildman–Crippen MR) is 74.1 cm³/mol. The third kappa shape index (κ3) is 2.81. The fourth-order valence-electron chi connectivity index (χ4n) is 2.71. The van der Waals surface area contributed by atoms with Gasteiger partial charge in [0.25, 0.3) is 0 Å². The van der Waals surface area contributed by atoms with Gasteiger partial charge in [-0.3, -0.25) is 0 Å². The zero-order valence-corrected chi connectivity index (χ0v) is 11.9. The Labute approximate surface area is 112 Å². The third-order valence-electron chi connectivity index (χ3n) is 3.72. The smallest absolute Gasteiger partial charge is 0.0283 e. The number of halogens is 2. The fraction of sp³-hybridized carbons (Fsp3) is 0.571. The van der Waals surface area contributed by atoms with Gasteiger partial charge < -0.3 is 0 Å². The number of rotatable bonds is 3. The highest BCUT2D eigenvalue weighted by Gasteiger charge is 2.31. The highest BCUT2D eigenvalue weighted by Crippen LogP contribution is 2.41. The third-order valence-corrected chi connectivity index (χ3v) is 5.06. The van der Waals surface area contributed by atoms with Crippen LogP contribution in [0.15, 0.2) is 28.7 Å². The summed E-state index contributed by atoms with van der Waals surface area (Å²) in [5.41, 5.74) is 1.76. The molecule has 1 aliphatic rings. The molecule has 0 N–H and O–H groups in total. The van der Waals surface area contributed by atoms with Crippen molar-refractivity contribution in [3.05, 3.63) is 34.3 Å². The van der Waals surface area contributed by atoms with Crippen LogP contribution in [0.4, 0.5) is 0 Å². The van der Waals surface area contributed by atoms with Crippen LogP contribution in [-0.2, 0) is 6.42 Å². The van der Waals surface area contributed by atoms with E-state index in [1.54, 1.807) is 0 Å². The molecule has 0 radical (unpaired) electrons. The zero-order chi connectivity index (χ0) is 11.4. The minimum absolute atomic E-state index is 0.351. The molecule has 1 aromatic carbocycles. The van der Waals surface area contributed by atoms with Gasteiger partial charge in [0.05, 0.1) is 0 Å². The average Bonchev–Trinajstić information content (AvgIpc) is 2.33. The maximum Gasteiger partial charge on any atom is 0.0283 e. The molecule has 1 fully saturated rings. The molecule has 0 spiro atoms. The normalized spacial score (nSPS) is 19.6. The molecule has 0 unspecified atom stereocenters. The van der Waals surface area contributed by atoms with Gasteiger partial charge >= 0.3 is 0 Å². The Hall–Kier alpha value is -0.0100. The summed E-state index contributed by atoms with van der Waals surface area (Å²) in [7, 11) is 0. The first-order chi connectivity index (χ1) is 7.76. The van der Waals surface area contributed by atoms with E-state index in [-0.39, 0.29) is 0 Å². The Balaban J connectivity index is 2.15. The predicted octanol–water partition coefficient (Wildman–Crippen LogP) is 5.18. The summed E-state index contributed by atoms with van der Waals surface area (Å²) in [6.07, 6.45) is 7.77. The van der Waals surface area contributed by atoms with Crippen LogP contribution >= 0.6 is 27.5 Å². The first-order valence-electron chi connectivity index (χ1n) is 6.05. The van der Waals surface area contributed by atoms with Crippen molar-refractivity contribution in [3.63, 3.8) is 0 Å². The minimum Gasteiger partial charge on any atom is -0.126 e. The average molecular weight is 302 g/mol. The van der Waals surface area contributed by atoms with E-state index in [2.05, 4.69) is 40.2 Å². The van der Waals surface area contributed by atoms with Crippen LogP contribution in [0.25, 0.3) is 0 Å². The summed E-state index contributed by atoms with van der Waals surface area (Å²) in [5.74, 6) is 0.800. The van der Waals surface area contributed by atoms with E-state index in [9.17, 15) is 0 Å². The topological polar surface area (TPSA) is 0 Å². The highest BCUT2D eigenvalue weighted by molar-refractivity contribution is 9.10. The monoisotopic (exact) mass is 300 g/mol. The van der Waals surface area contributed by atoms with Crippen molar-refractivity contribution in [3.8, 4) is 0 Å². The Bertz CT molecular complexity index is 342. The molecule has 0 aromatic heterocycles. The number of hydrogen-bond donors (Lipinski definition) is 0. The molecular formula is C14H18BrCl. The van der Waals surface area contributed by atoms with Crippen molar-refractivity contribution in [2.24, 2.45) is 5.41 Å². The van der Waals surface area contributed by atoms with Crippen molar-refractivity contribution in [2.45, 2.75) is 38.5 Å². The van der Waals surface area contributed by atoms with E-state index >= 15 is 0 Å². The molecule has 0 heterocycles. The minimum atomic E-state index is 0.351. The standard InChI is InChI=1S/C14H18BrCl/c15-13-7-3-2-6-12(13)10-14(11-16)8-4-1-5-9-14/h2-3,6-7H,1,4-5,8-11H2. The first-order valence-corrected chi connectivity index (χ1v) is 7.38. The van der Waals surface area contributed by atoms with Crippen LogP contribution in [0.5, 0.6) is 0 Å². The number of alkyl halides is 1. The summed E-state index contributed by atoms with van der Waals surface area (Å²) in [4.78, 5) is 0. The van der Waals surface area contributed by atoms with Crippen LogP contribution in [-0.4, -0.2) is 5.88 Å². The van der Waals surface area contributed by atoms with Gasteiger partial charge in [-0.05, 0) is 36.3 Å². The lowest BCUT2D eigenvalue weighted by Crippen LogP contribution is -2.28. The number of hydrogen-bond acceptors (Lipinski definition) is 0. The lowest BCUT2D eigenvalue weighted by Gasteiger charge is -2.36. The second kappa shape index (κ2) is 5.55. The quantitative estimate of drug-likeness (QED) is 0.675. The SMILES string of the molecule is ClCC1(Cc2ccccc2Br)CCCCC1. The molecule has 2 rings (SSSR count). The largest absolute Gasteiger partial charge is 0.126 e. The van der Waals surface area contributed by atoms with Gasteiger partial charge in [0.1, 0.15) is 0 Å². The van der Waals surface area contributed by atoms with E-state index in [1.165, 1.54) is 42.1 Å². The molecule has 88 valence electrons. The molecule has 0 aliphatic heterocycles. The summed E-state index contributed by atoms with van der Waals surface area (Å²) in [5, 5.41) is 0. The summed E-state index contributed by atoms with van der Waals surface area (Å²) in [6, 6.07) is 8.53. The number of benzene rings is 1. The second-order valence-electron chi connectivity index (χ2n) is 4.96. The fourth-order valence-corrected chi connectivity index (χ4v) is 3.49. The lowest BCUT2D eigenvalue weighted by atomic mass is 9.72. The van der Waals surface area contributed by atoms with Crippen LogP contribution in [0.3, 0.4) is 0 Å². The first kappa shape index (κ1) is 12.4. The zero-order valence-electron chi connectivity index (χ0n) is 9.52. The van der Waals surface area contributed by atoms with E-state index in [0.717, 1.165) is 12.3 Å². The van der Waals surface area contributed by atoms with Crippen molar-refractivity contribution >= 4 is 27.5 Å². The van der Waals surface area contributed by atoms with Gasteiger partial charge in [0.2, 0.25) is 0 Å². The summed E-state index contributed by atoms with van der Waals surface area (Å²) >= 11 is 9.86. The molecule has 1 aliphatic carbocycles. The highest BCUT2D eigenvalue weighted by atomic mass is 79.9. The van der Waals surface area contributed by atoms with Crippen molar-refractivity contribution in [1.82, 2.24) is 0 Å². The van der Waals surface area contributed by atoms with Crippen molar-refractivity contribution < 1.29 is 0 Å². The van der Waals surface area contributed by atoms with Gasteiger partial charge in [0, 0.05) is 10.4 Å². The van der Waals surface area contributed by atoms with Crippen LogP contribution in [0.2, 0.25) is 0 Å². The molecule has 1 aromatic rings. The molecule has 0 amide bonds. The second-order valence-corrected chi connectivity index (χ2v) is 6.08. The Morgan fingerprint density at radius 3 is 2.44 bits per heavy atom. The maximum absolute atomic E-state index is 6.22. The molecule has 0 bridgehead atoms. The van der Waals surface area contributed by atoms with Crippen LogP contribution in [0, 0.1) is 5.41 Å². The summed E-state index contributed by atoms with van der Waals surface area (Å²) in [6.45, 7) is 0.